The Balaban J connectivity index is 2.77. The maximum atomic E-state index is 7.57. The van der Waals surface area contributed by atoms with Gasteiger partial charge < -0.3 is 0 Å². The number of benzene rings is 1. The molecule has 0 saturated carbocycles. The van der Waals surface area contributed by atoms with E-state index in [1.165, 1.54) is 16.7 Å². The Morgan fingerprint density at radius 1 is 1.14 bits per heavy atom. The van der Waals surface area contributed by atoms with Crippen LogP contribution >= 0.6 is 18.6 Å². The summed E-state index contributed by atoms with van der Waals surface area (Å²) >= 11 is 0. The van der Waals surface area contributed by atoms with Crippen molar-refractivity contribution in [2.75, 3.05) is 0 Å². The van der Waals surface area contributed by atoms with Crippen LogP contribution in [0.25, 0.3) is 6.08 Å². The van der Waals surface area contributed by atoms with E-state index in [1.54, 1.807) is 0 Å². The minimum atomic E-state index is -4.92. The third-order valence-corrected chi connectivity index (χ3v) is 18.2. The van der Waals surface area contributed by atoms with Crippen molar-refractivity contribution in [3.05, 3.63) is 41.0 Å². The number of halogens is 2. The summed E-state index contributed by atoms with van der Waals surface area (Å²) in [6.07, 6.45) is 2.24. The Labute approximate surface area is 135 Å². The van der Waals surface area contributed by atoms with Gasteiger partial charge in [-0.1, -0.05) is 0 Å². The molecule has 0 radical (unpaired) electrons. The SMILES string of the molecule is CC1=Cc2ccccc2[CH]1[Ti]([CH3])([CH3])([SiH3])([Cl])([Cl])[NH]C(C)(C)C. The first-order valence-electron chi connectivity index (χ1n) is 7.65. The normalized spacial score (nSPS) is 24.5. The van der Waals surface area contributed by atoms with Gasteiger partial charge in [0.1, 0.15) is 0 Å². The van der Waals surface area contributed by atoms with Crippen LogP contribution in [-0.4, -0.2) is 13.6 Å². The Morgan fingerprint density at radius 3 is 2.19 bits per heavy atom. The van der Waals surface area contributed by atoms with E-state index in [1.807, 2.05) is 0 Å². The molecule has 1 aliphatic rings. The summed E-state index contributed by atoms with van der Waals surface area (Å²) in [5, 5.41) is 4.28. The first-order chi connectivity index (χ1) is 8.94. The van der Waals surface area contributed by atoms with Gasteiger partial charge in [0, 0.05) is 0 Å². The molecule has 2 rings (SSSR count). The number of fused-ring (bicyclic) bond motifs is 1. The van der Waals surface area contributed by atoms with Crippen LogP contribution in [0.1, 0.15) is 43.0 Å². The molecule has 0 fully saturated rings. The first-order valence-corrected chi connectivity index (χ1v) is 22.4. The van der Waals surface area contributed by atoms with Gasteiger partial charge in [0.05, 0.1) is 0 Å². The topological polar surface area (TPSA) is 12.0 Å². The third-order valence-electron chi connectivity index (χ3n) is 4.29. The van der Waals surface area contributed by atoms with Crippen molar-refractivity contribution in [2.45, 2.75) is 47.9 Å². The fourth-order valence-electron chi connectivity index (χ4n) is 4.81. The molecular formula is C16H28Cl2NSiTi. The van der Waals surface area contributed by atoms with Gasteiger partial charge >= 0.3 is 136 Å². The molecule has 1 atom stereocenters. The Kier molecular flexibility index (Phi) is 3.16. The molecular weight excluding hydrogens is 353 g/mol. The van der Waals surface area contributed by atoms with Gasteiger partial charge in [0.2, 0.25) is 0 Å². The number of hydrogen-bond donors (Lipinski definition) is 1. The van der Waals surface area contributed by atoms with Crippen LogP contribution in [0.5, 0.6) is 0 Å². The zero-order valence-electron chi connectivity index (χ0n) is 14.2. The molecule has 119 valence electrons. The average molecular weight is 381 g/mol. The van der Waals surface area contributed by atoms with Crippen LogP contribution in [0, 0.1) is 0 Å². The number of allylic oxidation sites excluding steroid dienone is 1. The summed E-state index contributed by atoms with van der Waals surface area (Å²) in [6, 6.07) is 8.48. The van der Waals surface area contributed by atoms with Crippen molar-refractivity contribution < 1.29 is 10.1 Å². The van der Waals surface area contributed by atoms with Gasteiger partial charge in [-0.2, -0.15) is 0 Å². The van der Waals surface area contributed by atoms with Gasteiger partial charge in [0.15, 0.2) is 0 Å². The fraction of sp³-hybridized carbons (Fsp3) is 0.500. The summed E-state index contributed by atoms with van der Waals surface area (Å²) in [7, 11) is 10.9. The molecule has 1 unspecified atom stereocenters. The van der Waals surface area contributed by atoms with Crippen molar-refractivity contribution in [2.24, 2.45) is 0 Å². The van der Waals surface area contributed by atoms with Crippen molar-refractivity contribution in [1.82, 2.24) is 3.80 Å². The zero-order valence-corrected chi connectivity index (χ0v) is 19.3. The predicted octanol–water partition coefficient (Wildman–Crippen LogP) is 4.89. The molecule has 21 heavy (non-hydrogen) atoms. The second-order valence-corrected chi connectivity index (χ2v) is 63.8. The Hall–Kier alpha value is 0.431. The van der Waals surface area contributed by atoms with Crippen molar-refractivity contribution in [3.8, 4) is 0 Å². The summed E-state index contributed by atoms with van der Waals surface area (Å²) < 4.78 is 3.85. The molecule has 0 amide bonds. The van der Waals surface area contributed by atoms with E-state index in [9.17, 15) is 0 Å². The third kappa shape index (κ3) is 3.52. The second kappa shape index (κ2) is 3.74. The molecule has 1 aliphatic carbocycles. The summed E-state index contributed by atoms with van der Waals surface area (Å²) in [6.45, 7) is 8.59. The molecule has 5 heteroatoms. The number of nitrogens with one attached hydrogen (secondary N) is 1. The van der Waals surface area contributed by atoms with E-state index in [-0.39, 0.29) is 9.76 Å². The molecule has 1 nitrogen and oxygen atoms in total. The number of hydrogen-bond acceptors (Lipinski definition) is 1. The van der Waals surface area contributed by atoms with Crippen LogP contribution in [0.3, 0.4) is 0 Å². The monoisotopic (exact) mass is 380 g/mol. The zero-order chi connectivity index (χ0) is 16.4. The molecule has 1 N–H and O–H groups in total. The summed E-state index contributed by atoms with van der Waals surface area (Å²) in [5.41, 5.74) is 3.66. The minimum absolute atomic E-state index is 0.0771. The molecule has 0 aromatic heterocycles. The molecule has 0 aliphatic heterocycles. The van der Waals surface area contributed by atoms with Crippen LogP contribution in [0.4, 0.5) is 0 Å². The fourth-order valence-corrected chi connectivity index (χ4v) is 26.7. The van der Waals surface area contributed by atoms with E-state index in [0.717, 1.165) is 0 Å². The maximum absolute atomic E-state index is 7.57. The second-order valence-electron chi connectivity index (χ2n) is 10.2. The standard InChI is InChI=1S/C10H9.C4H10N.2CH3.2ClH.H3Si.Ti/c1-8-6-9-4-2-3-5-10(9)7-8;1-4(2,3)5;;;;;;/h2-7H,1H3;5H,1-3H3;2*1H3;2*1H;1H3;/q;-1;;;;;;+3/p-2. The summed E-state index contributed by atoms with van der Waals surface area (Å²) in [5.74, 6) is 0. The van der Waals surface area contributed by atoms with Gasteiger partial charge in [-0.15, -0.1) is 0 Å². The first kappa shape index (κ1) is 17.8. The van der Waals surface area contributed by atoms with Gasteiger partial charge in [0.25, 0.3) is 0 Å². The van der Waals surface area contributed by atoms with Crippen LogP contribution < -0.4 is 3.80 Å². The Bertz CT molecular complexity index is 658. The predicted molar refractivity (Wildman–Crippen MR) is 99.1 cm³/mol. The van der Waals surface area contributed by atoms with Gasteiger partial charge in [-0.05, 0) is 0 Å². The van der Waals surface area contributed by atoms with Crippen LogP contribution in [0.15, 0.2) is 29.8 Å². The number of rotatable bonds is 2. The van der Waals surface area contributed by atoms with Crippen LogP contribution in [0.2, 0.25) is 10.5 Å². The molecule has 1 aromatic rings. The molecule has 0 heterocycles. The van der Waals surface area contributed by atoms with E-state index in [0.29, 0.717) is 8.11 Å². The van der Waals surface area contributed by atoms with E-state index >= 15 is 0 Å². The Morgan fingerprint density at radius 2 is 1.67 bits per heavy atom. The van der Waals surface area contributed by atoms with E-state index in [4.69, 9.17) is 18.6 Å². The van der Waals surface area contributed by atoms with Crippen molar-refractivity contribution in [1.29, 1.82) is 0 Å². The summed E-state index contributed by atoms with van der Waals surface area (Å²) in [4.78, 5) is 0. The van der Waals surface area contributed by atoms with Crippen molar-refractivity contribution >= 4 is 32.8 Å². The van der Waals surface area contributed by atoms with E-state index < -0.39 is 10.1 Å². The van der Waals surface area contributed by atoms with Crippen LogP contribution in [-0.2, 0) is 10.1 Å². The molecule has 0 saturated heterocycles. The van der Waals surface area contributed by atoms with E-state index in [2.05, 4.69) is 72.3 Å². The molecule has 0 bridgehead atoms. The van der Waals surface area contributed by atoms with Gasteiger partial charge in [-0.3, -0.25) is 0 Å². The molecule has 1 aromatic carbocycles. The molecule has 0 spiro atoms. The average Bonchev–Trinajstić information content (AvgIpc) is 2.47. The van der Waals surface area contributed by atoms with Crippen molar-refractivity contribution in [3.63, 3.8) is 0 Å². The quantitative estimate of drug-likeness (QED) is 0.720. The van der Waals surface area contributed by atoms with Gasteiger partial charge in [-0.25, -0.2) is 0 Å².